The second kappa shape index (κ2) is 4.74. The van der Waals surface area contributed by atoms with Gasteiger partial charge >= 0.3 is 0 Å². The van der Waals surface area contributed by atoms with Crippen LogP contribution >= 0.6 is 0 Å². The van der Waals surface area contributed by atoms with Crippen molar-refractivity contribution in [2.45, 2.75) is 19.3 Å². The lowest BCUT2D eigenvalue weighted by molar-refractivity contribution is 0.296. The van der Waals surface area contributed by atoms with E-state index in [2.05, 4.69) is 24.1 Å². The Balaban J connectivity index is 2.46. The van der Waals surface area contributed by atoms with Gasteiger partial charge in [-0.25, -0.2) is 0 Å². The summed E-state index contributed by atoms with van der Waals surface area (Å²) in [6.07, 6.45) is 2.91. The molecule has 0 aromatic heterocycles. The number of aliphatic hydroxyl groups excluding tert-OH is 1. The molecule has 0 atom stereocenters. The van der Waals surface area contributed by atoms with Crippen LogP contribution in [-0.4, -0.2) is 32.4 Å². The molecule has 0 bridgehead atoms. The summed E-state index contributed by atoms with van der Waals surface area (Å²) in [5.41, 5.74) is 3.67. The van der Waals surface area contributed by atoms with Crippen molar-refractivity contribution in [1.29, 1.82) is 0 Å². The van der Waals surface area contributed by atoms with Crippen molar-refractivity contribution < 1.29 is 9.84 Å². The van der Waals surface area contributed by atoms with Crippen molar-refractivity contribution in [3.8, 4) is 5.75 Å². The van der Waals surface area contributed by atoms with Gasteiger partial charge < -0.3 is 14.7 Å². The molecule has 0 aliphatic carbocycles. The van der Waals surface area contributed by atoms with Crippen LogP contribution in [0.2, 0.25) is 0 Å². The van der Waals surface area contributed by atoms with Crippen molar-refractivity contribution in [2.24, 2.45) is 0 Å². The number of hydrogen-bond acceptors (Lipinski definition) is 3. The molecule has 1 N–H and O–H groups in total. The largest absolute Gasteiger partial charge is 0.496 e. The Morgan fingerprint density at radius 1 is 1.44 bits per heavy atom. The van der Waals surface area contributed by atoms with Crippen LogP contribution in [0.15, 0.2) is 12.1 Å². The number of methoxy groups -OCH3 is 1. The maximum Gasteiger partial charge on any atom is 0.127 e. The lowest BCUT2D eigenvalue weighted by Gasteiger charge is -2.29. The van der Waals surface area contributed by atoms with Gasteiger partial charge in [-0.2, -0.15) is 0 Å². The zero-order valence-corrected chi connectivity index (χ0v) is 9.99. The molecule has 3 heteroatoms. The van der Waals surface area contributed by atoms with Crippen molar-refractivity contribution in [3.05, 3.63) is 23.3 Å². The Kier molecular flexibility index (Phi) is 3.34. The van der Waals surface area contributed by atoms with Gasteiger partial charge in [0.25, 0.3) is 0 Å². The van der Waals surface area contributed by atoms with Crippen molar-refractivity contribution in [2.75, 3.05) is 32.2 Å². The molecule has 16 heavy (non-hydrogen) atoms. The predicted molar refractivity (Wildman–Crippen MR) is 65.4 cm³/mol. The first kappa shape index (κ1) is 11.3. The molecule has 1 aromatic rings. The molecular weight excluding hydrogens is 202 g/mol. The summed E-state index contributed by atoms with van der Waals surface area (Å²) >= 11 is 0. The minimum Gasteiger partial charge on any atom is -0.496 e. The Hall–Kier alpha value is -1.22. The number of aliphatic hydroxyl groups is 1. The molecule has 0 saturated carbocycles. The molecule has 0 spiro atoms. The van der Waals surface area contributed by atoms with E-state index in [0.29, 0.717) is 6.42 Å². The molecule has 3 nitrogen and oxygen atoms in total. The number of fused-ring (bicyclic) bond motifs is 1. The van der Waals surface area contributed by atoms with Crippen LogP contribution < -0.4 is 9.64 Å². The fourth-order valence-electron chi connectivity index (χ4n) is 2.45. The van der Waals surface area contributed by atoms with Crippen LogP contribution in [0.1, 0.15) is 17.5 Å². The third-order valence-electron chi connectivity index (χ3n) is 3.23. The molecule has 2 rings (SSSR count). The van der Waals surface area contributed by atoms with Crippen molar-refractivity contribution >= 4 is 5.69 Å². The zero-order valence-electron chi connectivity index (χ0n) is 9.99. The predicted octanol–water partition coefficient (Wildman–Crippen LogP) is 1.61. The van der Waals surface area contributed by atoms with Gasteiger partial charge in [0.15, 0.2) is 0 Å². The lowest BCUT2D eigenvalue weighted by Crippen LogP contribution is -2.25. The molecule has 0 fully saturated rings. The number of ether oxygens (including phenoxy) is 1. The highest BCUT2D eigenvalue weighted by molar-refractivity contribution is 5.63. The molecule has 0 saturated heterocycles. The molecule has 0 radical (unpaired) electrons. The molecule has 88 valence electrons. The quantitative estimate of drug-likeness (QED) is 0.841. The van der Waals surface area contributed by atoms with Crippen LogP contribution in [-0.2, 0) is 12.8 Å². The first-order valence-corrected chi connectivity index (χ1v) is 5.78. The topological polar surface area (TPSA) is 32.7 Å². The number of anilines is 1. The second-order valence-electron chi connectivity index (χ2n) is 4.25. The van der Waals surface area contributed by atoms with Gasteiger partial charge in [-0.1, -0.05) is 6.07 Å². The van der Waals surface area contributed by atoms with E-state index in [4.69, 9.17) is 9.84 Å². The molecule has 0 amide bonds. The summed E-state index contributed by atoms with van der Waals surface area (Å²) < 4.78 is 5.51. The van der Waals surface area contributed by atoms with Crippen LogP contribution in [0.5, 0.6) is 5.75 Å². The van der Waals surface area contributed by atoms with E-state index in [1.807, 2.05) is 0 Å². The van der Waals surface area contributed by atoms with E-state index in [-0.39, 0.29) is 6.61 Å². The van der Waals surface area contributed by atoms with Crippen LogP contribution in [0.4, 0.5) is 5.69 Å². The highest BCUT2D eigenvalue weighted by atomic mass is 16.5. The number of rotatable bonds is 3. The smallest absolute Gasteiger partial charge is 0.127 e. The van der Waals surface area contributed by atoms with Gasteiger partial charge in [0.2, 0.25) is 0 Å². The van der Waals surface area contributed by atoms with Gasteiger partial charge in [0, 0.05) is 31.5 Å². The monoisotopic (exact) mass is 221 g/mol. The van der Waals surface area contributed by atoms with Gasteiger partial charge in [-0.05, 0) is 30.9 Å². The molecule has 1 aromatic carbocycles. The van der Waals surface area contributed by atoms with Crippen molar-refractivity contribution in [3.63, 3.8) is 0 Å². The number of hydrogen-bond donors (Lipinski definition) is 1. The summed E-state index contributed by atoms with van der Waals surface area (Å²) in [5, 5.41) is 9.03. The average Bonchev–Trinajstić information content (AvgIpc) is 2.29. The van der Waals surface area contributed by atoms with E-state index in [1.54, 1.807) is 7.11 Å². The SMILES string of the molecule is COc1c(CCO)ccc2c1CCCN2C. The minimum atomic E-state index is 0.172. The lowest BCUT2D eigenvalue weighted by atomic mass is 9.97. The van der Waals surface area contributed by atoms with E-state index < -0.39 is 0 Å². The van der Waals surface area contributed by atoms with Gasteiger partial charge in [-0.3, -0.25) is 0 Å². The minimum absolute atomic E-state index is 0.172. The third kappa shape index (κ3) is 1.87. The van der Waals surface area contributed by atoms with Gasteiger partial charge in [0.05, 0.1) is 7.11 Å². The standard InChI is InChI=1S/C13H19NO2/c1-14-8-3-4-11-12(14)6-5-10(7-9-15)13(11)16-2/h5-6,15H,3-4,7-9H2,1-2H3. The maximum absolute atomic E-state index is 9.03. The Bertz CT molecular complexity index is 376. The molecule has 1 aliphatic heterocycles. The first-order valence-electron chi connectivity index (χ1n) is 5.78. The Morgan fingerprint density at radius 2 is 2.25 bits per heavy atom. The van der Waals surface area contributed by atoms with Crippen LogP contribution in [0, 0.1) is 0 Å². The van der Waals surface area contributed by atoms with Crippen molar-refractivity contribution in [1.82, 2.24) is 0 Å². The third-order valence-corrected chi connectivity index (χ3v) is 3.23. The van der Waals surface area contributed by atoms with E-state index in [1.165, 1.54) is 17.7 Å². The second-order valence-corrected chi connectivity index (χ2v) is 4.25. The molecule has 1 aliphatic rings. The number of benzene rings is 1. The summed E-state index contributed by atoms with van der Waals surface area (Å²) in [6, 6.07) is 4.21. The Morgan fingerprint density at radius 3 is 2.94 bits per heavy atom. The zero-order chi connectivity index (χ0) is 11.5. The fraction of sp³-hybridized carbons (Fsp3) is 0.538. The normalized spacial score (nSPS) is 14.8. The summed E-state index contributed by atoms with van der Waals surface area (Å²) in [4.78, 5) is 2.27. The van der Waals surface area contributed by atoms with E-state index >= 15 is 0 Å². The molecule has 0 unspecified atom stereocenters. The van der Waals surface area contributed by atoms with Crippen LogP contribution in [0.3, 0.4) is 0 Å². The summed E-state index contributed by atoms with van der Waals surface area (Å²) in [6.45, 7) is 1.28. The van der Waals surface area contributed by atoms with E-state index in [9.17, 15) is 0 Å². The molecular formula is C13H19NO2. The van der Waals surface area contributed by atoms with Gasteiger partial charge in [0.1, 0.15) is 5.75 Å². The molecule has 1 heterocycles. The highest BCUT2D eigenvalue weighted by Crippen LogP contribution is 2.36. The van der Waals surface area contributed by atoms with Crippen LogP contribution in [0.25, 0.3) is 0 Å². The highest BCUT2D eigenvalue weighted by Gasteiger charge is 2.19. The maximum atomic E-state index is 9.03. The average molecular weight is 221 g/mol. The Labute approximate surface area is 96.6 Å². The first-order chi connectivity index (χ1) is 7.77. The van der Waals surface area contributed by atoms with E-state index in [0.717, 1.165) is 24.3 Å². The summed E-state index contributed by atoms with van der Waals surface area (Å²) in [7, 11) is 3.83. The fourth-order valence-corrected chi connectivity index (χ4v) is 2.45. The number of nitrogens with zero attached hydrogens (tertiary/aromatic N) is 1. The summed E-state index contributed by atoms with van der Waals surface area (Å²) in [5.74, 6) is 0.970. The van der Waals surface area contributed by atoms with Gasteiger partial charge in [-0.15, -0.1) is 0 Å².